The number of rotatable bonds is 5. The first-order valence-electron chi connectivity index (χ1n) is 18.0. The van der Waals surface area contributed by atoms with Crippen molar-refractivity contribution in [1.29, 1.82) is 0 Å². The summed E-state index contributed by atoms with van der Waals surface area (Å²) >= 11 is 0. The van der Waals surface area contributed by atoms with Gasteiger partial charge >= 0.3 is 0 Å². The standard InChI is InChI=1S/C51H35N/c1-34-24-30-45-47(32-34)51(36-16-6-3-7-17-36)44-22-11-10-21-43(44)50(45)37-25-28-39(29-26-37)52-48-23-13-12-20-42(48)46-33-38(27-31-49(46)52)41-19-9-8-18-40(41)35-14-4-2-5-15-35/h2-33H,1H3. The van der Waals surface area contributed by atoms with Crippen LogP contribution in [0.1, 0.15) is 5.56 Å². The predicted molar refractivity (Wildman–Crippen MR) is 222 cm³/mol. The van der Waals surface area contributed by atoms with Gasteiger partial charge in [0.05, 0.1) is 11.0 Å². The lowest BCUT2D eigenvalue weighted by atomic mass is 9.85. The van der Waals surface area contributed by atoms with E-state index in [9.17, 15) is 0 Å². The average Bonchev–Trinajstić information content (AvgIpc) is 3.54. The summed E-state index contributed by atoms with van der Waals surface area (Å²) in [7, 11) is 0. The molecule has 0 N–H and O–H groups in total. The van der Waals surface area contributed by atoms with Crippen LogP contribution in [0.3, 0.4) is 0 Å². The Kier molecular flexibility index (Phi) is 7.11. The molecule has 0 aliphatic heterocycles. The molecule has 244 valence electrons. The molecule has 9 aromatic carbocycles. The summed E-state index contributed by atoms with van der Waals surface area (Å²) in [6, 6.07) is 71.0. The van der Waals surface area contributed by atoms with Gasteiger partial charge in [0.25, 0.3) is 0 Å². The van der Waals surface area contributed by atoms with Crippen LogP contribution in [0, 0.1) is 6.92 Å². The average molecular weight is 662 g/mol. The van der Waals surface area contributed by atoms with Crippen LogP contribution in [-0.2, 0) is 0 Å². The summed E-state index contributed by atoms with van der Waals surface area (Å²) in [6.07, 6.45) is 0. The van der Waals surface area contributed by atoms with Crippen molar-refractivity contribution in [3.05, 3.63) is 200 Å². The fourth-order valence-corrected chi connectivity index (χ4v) is 8.32. The Balaban J connectivity index is 1.14. The van der Waals surface area contributed by atoms with Gasteiger partial charge in [-0.15, -0.1) is 0 Å². The van der Waals surface area contributed by atoms with E-state index in [2.05, 4.69) is 206 Å². The molecule has 1 heteroatoms. The highest BCUT2D eigenvalue weighted by Gasteiger charge is 2.18. The summed E-state index contributed by atoms with van der Waals surface area (Å²) in [4.78, 5) is 0. The Bertz CT molecular complexity index is 2930. The van der Waals surface area contributed by atoms with Crippen molar-refractivity contribution in [2.45, 2.75) is 6.92 Å². The molecule has 1 nitrogen and oxygen atoms in total. The highest BCUT2D eigenvalue weighted by molar-refractivity contribution is 6.21. The van der Waals surface area contributed by atoms with E-state index in [1.807, 2.05) is 0 Å². The normalized spacial score (nSPS) is 11.6. The third kappa shape index (κ3) is 4.86. The van der Waals surface area contributed by atoms with Crippen molar-refractivity contribution in [3.8, 4) is 50.2 Å². The maximum absolute atomic E-state index is 2.42. The lowest BCUT2D eigenvalue weighted by Crippen LogP contribution is -1.95. The number of hydrogen-bond acceptors (Lipinski definition) is 0. The molecule has 0 fully saturated rings. The topological polar surface area (TPSA) is 4.93 Å². The molecular formula is C51H35N. The van der Waals surface area contributed by atoms with E-state index in [1.54, 1.807) is 0 Å². The minimum atomic E-state index is 1.15. The van der Waals surface area contributed by atoms with Gasteiger partial charge in [-0.3, -0.25) is 0 Å². The van der Waals surface area contributed by atoms with Gasteiger partial charge < -0.3 is 4.57 Å². The van der Waals surface area contributed by atoms with Gasteiger partial charge in [-0.2, -0.15) is 0 Å². The first-order chi connectivity index (χ1) is 25.7. The Labute approximate surface area is 303 Å². The van der Waals surface area contributed by atoms with Gasteiger partial charge in [0.1, 0.15) is 0 Å². The van der Waals surface area contributed by atoms with Gasteiger partial charge in [-0.1, -0.05) is 169 Å². The second-order valence-corrected chi connectivity index (χ2v) is 13.8. The molecule has 0 saturated heterocycles. The largest absolute Gasteiger partial charge is 0.309 e. The Morgan fingerprint density at radius 3 is 1.52 bits per heavy atom. The monoisotopic (exact) mass is 661 g/mol. The molecule has 0 atom stereocenters. The number of para-hydroxylation sites is 1. The second kappa shape index (κ2) is 12.3. The van der Waals surface area contributed by atoms with Crippen molar-refractivity contribution < 1.29 is 0 Å². The lowest BCUT2D eigenvalue weighted by molar-refractivity contribution is 1.18. The smallest absolute Gasteiger partial charge is 0.0541 e. The third-order valence-electron chi connectivity index (χ3n) is 10.7. The van der Waals surface area contributed by atoms with Gasteiger partial charge in [0.2, 0.25) is 0 Å². The maximum atomic E-state index is 2.42. The number of fused-ring (bicyclic) bond motifs is 5. The summed E-state index contributed by atoms with van der Waals surface area (Å²) in [5.41, 5.74) is 14.8. The molecule has 0 spiro atoms. The fraction of sp³-hybridized carbons (Fsp3) is 0.0196. The van der Waals surface area contributed by atoms with Crippen LogP contribution in [-0.4, -0.2) is 4.57 Å². The quantitative estimate of drug-likeness (QED) is 0.162. The SMILES string of the molecule is Cc1ccc2c(-c3ccc(-n4c5ccccc5c5cc(-c6ccccc6-c6ccccc6)ccc54)cc3)c3ccccc3c(-c3ccccc3)c2c1. The van der Waals surface area contributed by atoms with Gasteiger partial charge in [-0.25, -0.2) is 0 Å². The van der Waals surface area contributed by atoms with E-state index in [0.717, 1.165) is 5.69 Å². The Morgan fingerprint density at radius 1 is 0.308 bits per heavy atom. The summed E-state index contributed by atoms with van der Waals surface area (Å²) in [5, 5.41) is 7.61. The highest BCUT2D eigenvalue weighted by Crippen LogP contribution is 2.44. The molecule has 10 rings (SSSR count). The van der Waals surface area contributed by atoms with Crippen LogP contribution in [0.25, 0.3) is 93.5 Å². The van der Waals surface area contributed by atoms with E-state index in [1.165, 1.54) is 93.4 Å². The Hall–Kier alpha value is -6.70. The highest BCUT2D eigenvalue weighted by atomic mass is 15.0. The molecule has 0 bridgehead atoms. The van der Waals surface area contributed by atoms with Crippen molar-refractivity contribution in [2.24, 2.45) is 0 Å². The van der Waals surface area contributed by atoms with E-state index in [0.29, 0.717) is 0 Å². The van der Waals surface area contributed by atoms with Crippen LogP contribution < -0.4 is 0 Å². The predicted octanol–water partition coefficient (Wildman–Crippen LogP) is 14.1. The van der Waals surface area contributed by atoms with Crippen LogP contribution in [0.15, 0.2) is 194 Å². The molecule has 0 saturated carbocycles. The zero-order valence-corrected chi connectivity index (χ0v) is 28.9. The number of nitrogens with zero attached hydrogens (tertiary/aromatic N) is 1. The molecule has 10 aromatic rings. The molecule has 0 aliphatic rings. The van der Waals surface area contributed by atoms with Crippen LogP contribution in [0.4, 0.5) is 0 Å². The first kappa shape index (κ1) is 30.2. The second-order valence-electron chi connectivity index (χ2n) is 13.8. The first-order valence-corrected chi connectivity index (χ1v) is 18.0. The molecule has 0 amide bonds. The van der Waals surface area contributed by atoms with Crippen molar-refractivity contribution in [2.75, 3.05) is 0 Å². The van der Waals surface area contributed by atoms with E-state index in [-0.39, 0.29) is 0 Å². The Morgan fingerprint density at radius 2 is 0.808 bits per heavy atom. The van der Waals surface area contributed by atoms with E-state index in [4.69, 9.17) is 0 Å². The zero-order chi connectivity index (χ0) is 34.6. The van der Waals surface area contributed by atoms with Gasteiger partial charge in [-0.05, 0) is 103 Å². The third-order valence-corrected chi connectivity index (χ3v) is 10.7. The molecule has 1 aromatic heterocycles. The van der Waals surface area contributed by atoms with Crippen molar-refractivity contribution >= 4 is 43.4 Å². The summed E-state index contributed by atoms with van der Waals surface area (Å²) in [6.45, 7) is 2.19. The molecular weight excluding hydrogens is 627 g/mol. The summed E-state index contributed by atoms with van der Waals surface area (Å²) < 4.78 is 2.42. The van der Waals surface area contributed by atoms with Crippen LogP contribution in [0.2, 0.25) is 0 Å². The fourth-order valence-electron chi connectivity index (χ4n) is 8.32. The van der Waals surface area contributed by atoms with E-state index < -0.39 is 0 Å². The molecule has 1 heterocycles. The number of aryl methyl sites for hydroxylation is 1. The van der Waals surface area contributed by atoms with Crippen LogP contribution >= 0.6 is 0 Å². The summed E-state index contributed by atoms with van der Waals surface area (Å²) in [5.74, 6) is 0. The molecule has 0 aliphatic carbocycles. The van der Waals surface area contributed by atoms with E-state index >= 15 is 0 Å². The molecule has 52 heavy (non-hydrogen) atoms. The van der Waals surface area contributed by atoms with Crippen molar-refractivity contribution in [3.63, 3.8) is 0 Å². The van der Waals surface area contributed by atoms with Gasteiger partial charge in [0.15, 0.2) is 0 Å². The maximum Gasteiger partial charge on any atom is 0.0541 e. The molecule has 0 radical (unpaired) electrons. The zero-order valence-electron chi connectivity index (χ0n) is 28.9. The van der Waals surface area contributed by atoms with Crippen molar-refractivity contribution in [1.82, 2.24) is 4.57 Å². The van der Waals surface area contributed by atoms with Crippen LogP contribution in [0.5, 0.6) is 0 Å². The minimum absolute atomic E-state index is 1.15. The lowest BCUT2D eigenvalue weighted by Gasteiger charge is -2.18. The number of aromatic nitrogens is 1. The minimum Gasteiger partial charge on any atom is -0.309 e. The van der Waals surface area contributed by atoms with Gasteiger partial charge in [0, 0.05) is 16.5 Å². The molecule has 0 unspecified atom stereocenters. The number of benzene rings is 9. The number of hydrogen-bond donors (Lipinski definition) is 0.